The topological polar surface area (TPSA) is 42.4 Å². The van der Waals surface area contributed by atoms with E-state index in [2.05, 4.69) is 17.1 Å². The molecule has 1 amide bonds. The van der Waals surface area contributed by atoms with E-state index in [4.69, 9.17) is 4.74 Å². The van der Waals surface area contributed by atoms with Gasteiger partial charge in [0.05, 0.1) is 6.20 Å². The highest BCUT2D eigenvalue weighted by Crippen LogP contribution is 2.38. The van der Waals surface area contributed by atoms with Crippen molar-refractivity contribution in [3.63, 3.8) is 0 Å². The quantitative estimate of drug-likeness (QED) is 0.797. The first-order chi connectivity index (χ1) is 9.83. The smallest absolute Gasteiger partial charge is 0.227 e. The Bertz CT molecular complexity index is 697. The molecular weight excluding hydrogens is 252 g/mol. The van der Waals surface area contributed by atoms with Gasteiger partial charge < -0.3 is 9.64 Å². The minimum absolute atomic E-state index is 0.214. The van der Waals surface area contributed by atoms with Crippen molar-refractivity contribution >= 4 is 11.6 Å². The van der Waals surface area contributed by atoms with Gasteiger partial charge in [0.2, 0.25) is 5.91 Å². The van der Waals surface area contributed by atoms with Gasteiger partial charge in [0.25, 0.3) is 0 Å². The Hall–Kier alpha value is -2.36. The fraction of sp³-hybridized carbons (Fsp3) is 0.250. The van der Waals surface area contributed by atoms with E-state index in [-0.39, 0.29) is 5.91 Å². The second kappa shape index (κ2) is 4.34. The van der Waals surface area contributed by atoms with Crippen LogP contribution in [-0.4, -0.2) is 17.4 Å². The van der Waals surface area contributed by atoms with Crippen LogP contribution in [0.4, 0.5) is 5.69 Å². The summed E-state index contributed by atoms with van der Waals surface area (Å²) in [6.07, 6.45) is 5.12. The summed E-state index contributed by atoms with van der Waals surface area (Å²) in [4.78, 5) is 17.8. The molecule has 4 rings (SSSR count). The third-order valence-electron chi connectivity index (χ3n) is 3.93. The molecule has 4 heteroatoms. The van der Waals surface area contributed by atoms with Crippen LogP contribution in [0, 0.1) is 0 Å². The molecule has 1 aromatic heterocycles. The van der Waals surface area contributed by atoms with Crippen LogP contribution in [0.1, 0.15) is 18.4 Å². The van der Waals surface area contributed by atoms with Crippen molar-refractivity contribution in [2.75, 3.05) is 11.4 Å². The Kier molecular flexibility index (Phi) is 2.49. The lowest BCUT2D eigenvalue weighted by atomic mass is 9.97. The third kappa shape index (κ3) is 1.68. The van der Waals surface area contributed by atoms with Crippen LogP contribution >= 0.6 is 0 Å². The van der Waals surface area contributed by atoms with Crippen LogP contribution in [0.3, 0.4) is 0 Å². The van der Waals surface area contributed by atoms with Gasteiger partial charge in [0.1, 0.15) is 12.4 Å². The molecule has 0 bridgehead atoms. The number of rotatable bonds is 1. The number of benzene rings is 1. The second-order valence-electron chi connectivity index (χ2n) is 5.15. The normalized spacial score (nSPS) is 16.6. The Morgan fingerprint density at radius 3 is 3.00 bits per heavy atom. The lowest BCUT2D eigenvalue weighted by Gasteiger charge is -2.23. The predicted molar refractivity (Wildman–Crippen MR) is 75.6 cm³/mol. The van der Waals surface area contributed by atoms with Gasteiger partial charge in [-0.05, 0) is 35.7 Å². The van der Waals surface area contributed by atoms with Crippen LogP contribution < -0.4 is 9.64 Å². The molecule has 2 aliphatic heterocycles. The molecule has 2 aromatic rings. The van der Waals surface area contributed by atoms with Crippen molar-refractivity contribution in [1.29, 1.82) is 0 Å². The number of nitrogens with zero attached hydrogens (tertiary/aromatic N) is 2. The first-order valence-corrected chi connectivity index (χ1v) is 6.83. The Morgan fingerprint density at radius 1 is 1.20 bits per heavy atom. The van der Waals surface area contributed by atoms with Crippen LogP contribution in [0.2, 0.25) is 0 Å². The zero-order valence-electron chi connectivity index (χ0n) is 11.0. The van der Waals surface area contributed by atoms with Crippen molar-refractivity contribution in [2.45, 2.75) is 19.4 Å². The maximum atomic E-state index is 11.8. The number of ether oxygens (including phenoxy) is 1. The van der Waals surface area contributed by atoms with Gasteiger partial charge in [0.15, 0.2) is 0 Å². The monoisotopic (exact) mass is 266 g/mol. The number of hydrogen-bond acceptors (Lipinski definition) is 3. The highest BCUT2D eigenvalue weighted by molar-refractivity contribution is 5.95. The molecule has 3 heterocycles. The van der Waals surface area contributed by atoms with Gasteiger partial charge in [-0.15, -0.1) is 0 Å². The molecular formula is C16H14N2O2. The molecule has 0 unspecified atom stereocenters. The zero-order valence-corrected chi connectivity index (χ0v) is 11.0. The van der Waals surface area contributed by atoms with E-state index in [1.807, 2.05) is 17.0 Å². The predicted octanol–water partition coefficient (Wildman–Crippen LogP) is 2.77. The van der Waals surface area contributed by atoms with E-state index in [0.29, 0.717) is 13.0 Å². The number of carbonyl (C=O) groups excluding carboxylic acids is 1. The zero-order chi connectivity index (χ0) is 13.5. The molecule has 4 nitrogen and oxygen atoms in total. The minimum atomic E-state index is 0.214. The van der Waals surface area contributed by atoms with Gasteiger partial charge >= 0.3 is 0 Å². The molecule has 2 aliphatic rings. The van der Waals surface area contributed by atoms with E-state index >= 15 is 0 Å². The standard InChI is InChI=1S/C16H14N2O2/c19-16-2-1-7-18(16)12-3-4-13-11(8-12)10-20-15-9-17-6-5-14(13)15/h3-6,8-9H,1-2,7,10H2. The van der Waals surface area contributed by atoms with Crippen LogP contribution in [0.5, 0.6) is 5.75 Å². The van der Waals surface area contributed by atoms with E-state index in [1.165, 1.54) is 5.56 Å². The lowest BCUT2D eigenvalue weighted by molar-refractivity contribution is -0.117. The Balaban J connectivity index is 1.78. The van der Waals surface area contributed by atoms with Gasteiger partial charge in [-0.1, -0.05) is 6.07 Å². The highest BCUT2D eigenvalue weighted by atomic mass is 16.5. The van der Waals surface area contributed by atoms with Gasteiger partial charge in [0, 0.05) is 30.4 Å². The SMILES string of the molecule is O=C1CCCN1c1ccc2c(c1)COc1cnccc1-2. The molecule has 0 aliphatic carbocycles. The van der Waals surface area contributed by atoms with E-state index in [1.54, 1.807) is 12.4 Å². The summed E-state index contributed by atoms with van der Waals surface area (Å²) >= 11 is 0. The maximum absolute atomic E-state index is 11.8. The summed E-state index contributed by atoms with van der Waals surface area (Å²) < 4.78 is 5.73. The van der Waals surface area contributed by atoms with Crippen molar-refractivity contribution in [3.05, 3.63) is 42.2 Å². The van der Waals surface area contributed by atoms with Crippen molar-refractivity contribution < 1.29 is 9.53 Å². The molecule has 100 valence electrons. The minimum Gasteiger partial charge on any atom is -0.487 e. The maximum Gasteiger partial charge on any atom is 0.227 e. The molecule has 20 heavy (non-hydrogen) atoms. The summed E-state index contributed by atoms with van der Waals surface area (Å²) in [7, 11) is 0. The third-order valence-corrected chi connectivity index (χ3v) is 3.93. The van der Waals surface area contributed by atoms with Crippen LogP contribution in [0.15, 0.2) is 36.7 Å². The number of pyridine rings is 1. The molecule has 0 spiro atoms. The highest BCUT2D eigenvalue weighted by Gasteiger charge is 2.24. The summed E-state index contributed by atoms with van der Waals surface area (Å²) in [5.41, 5.74) is 4.35. The molecule has 0 atom stereocenters. The number of fused-ring (bicyclic) bond motifs is 3. The lowest BCUT2D eigenvalue weighted by Crippen LogP contribution is -2.24. The molecule has 0 saturated carbocycles. The van der Waals surface area contributed by atoms with E-state index in [0.717, 1.165) is 35.5 Å². The first kappa shape index (κ1) is 11.5. The van der Waals surface area contributed by atoms with Gasteiger partial charge in [-0.3, -0.25) is 9.78 Å². The van der Waals surface area contributed by atoms with Crippen molar-refractivity contribution in [3.8, 4) is 16.9 Å². The molecule has 1 fully saturated rings. The molecule has 1 saturated heterocycles. The number of aromatic nitrogens is 1. The average Bonchev–Trinajstić information content (AvgIpc) is 2.92. The van der Waals surface area contributed by atoms with Crippen LogP contribution in [-0.2, 0) is 11.4 Å². The van der Waals surface area contributed by atoms with Crippen LogP contribution in [0.25, 0.3) is 11.1 Å². The summed E-state index contributed by atoms with van der Waals surface area (Å²) in [6.45, 7) is 1.35. The van der Waals surface area contributed by atoms with Gasteiger partial charge in [-0.25, -0.2) is 0 Å². The summed E-state index contributed by atoms with van der Waals surface area (Å²) in [5, 5.41) is 0. The number of hydrogen-bond donors (Lipinski definition) is 0. The second-order valence-corrected chi connectivity index (χ2v) is 5.15. The number of carbonyl (C=O) groups is 1. The average molecular weight is 266 g/mol. The number of anilines is 1. The summed E-state index contributed by atoms with van der Waals surface area (Å²) in [5.74, 6) is 1.04. The van der Waals surface area contributed by atoms with E-state index < -0.39 is 0 Å². The molecule has 0 radical (unpaired) electrons. The molecule has 0 N–H and O–H groups in total. The fourth-order valence-corrected chi connectivity index (χ4v) is 2.92. The Labute approximate surface area is 117 Å². The largest absolute Gasteiger partial charge is 0.487 e. The first-order valence-electron chi connectivity index (χ1n) is 6.83. The van der Waals surface area contributed by atoms with Crippen molar-refractivity contribution in [1.82, 2.24) is 4.98 Å². The molecule has 1 aromatic carbocycles. The fourth-order valence-electron chi connectivity index (χ4n) is 2.92. The Morgan fingerprint density at radius 2 is 2.15 bits per heavy atom. The van der Waals surface area contributed by atoms with E-state index in [9.17, 15) is 4.79 Å². The summed E-state index contributed by atoms with van der Waals surface area (Å²) in [6, 6.07) is 8.14. The van der Waals surface area contributed by atoms with Gasteiger partial charge in [-0.2, -0.15) is 0 Å². The van der Waals surface area contributed by atoms with Crippen molar-refractivity contribution in [2.24, 2.45) is 0 Å². The number of amides is 1.